The number of nitrogens with one attached hydrogen (secondary N) is 1. The van der Waals surface area contributed by atoms with Crippen LogP contribution in [0.1, 0.15) is 64.7 Å². The molecule has 1 heterocycles. The van der Waals surface area contributed by atoms with Crippen molar-refractivity contribution >= 4 is 5.91 Å². The number of hydrogen-bond acceptors (Lipinski definition) is 2. The molecule has 1 rings (SSSR count). The molecule has 0 radical (unpaired) electrons. The molecule has 0 aromatic carbocycles. The number of carbonyl (C=O) groups is 1. The smallest absolute Gasteiger partial charge is 0.220 e. The van der Waals surface area contributed by atoms with Gasteiger partial charge in [-0.3, -0.25) is 4.79 Å². The lowest BCUT2D eigenvalue weighted by atomic mass is 10.2. The van der Waals surface area contributed by atoms with Crippen molar-refractivity contribution < 1.29 is 4.79 Å². The van der Waals surface area contributed by atoms with Crippen molar-refractivity contribution in [2.45, 2.75) is 70.8 Å². The summed E-state index contributed by atoms with van der Waals surface area (Å²) in [4.78, 5) is 14.2. The summed E-state index contributed by atoms with van der Waals surface area (Å²) in [6, 6.07) is 0.526. The van der Waals surface area contributed by atoms with Crippen molar-refractivity contribution in [2.75, 3.05) is 20.1 Å². The number of nitrogens with zero attached hydrogens (tertiary/aromatic N) is 1. The average molecular weight is 385 g/mol. The largest absolute Gasteiger partial charge is 0.355 e. The Labute approximate surface area is 173 Å². The molecular formula is C25H40N2O. The van der Waals surface area contributed by atoms with Crippen LogP contribution in [0.2, 0.25) is 0 Å². The van der Waals surface area contributed by atoms with Crippen LogP contribution in [0.4, 0.5) is 0 Å². The second-order valence-electron chi connectivity index (χ2n) is 7.33. The standard InChI is InChI=1S/C25H40N2O/c1-3-4-5-6-7-8-9-10-11-12-13-14-15-16-17-18-21-25(28)26-23-24-20-19-22-27(24)2/h4-5,7-8,10-11,13-14,16-17,24H,3,6,9,12,15,18-23H2,1-2H3,(H,26,28)/b5-4-,8-7-,11-10-,14-13-,17-16-. The van der Waals surface area contributed by atoms with Crippen LogP contribution in [0.15, 0.2) is 60.8 Å². The lowest BCUT2D eigenvalue weighted by Crippen LogP contribution is -2.38. The number of rotatable bonds is 14. The number of allylic oxidation sites excluding steroid dienone is 10. The van der Waals surface area contributed by atoms with Crippen LogP contribution in [0.3, 0.4) is 0 Å². The van der Waals surface area contributed by atoms with Gasteiger partial charge in [-0.1, -0.05) is 67.7 Å². The summed E-state index contributed by atoms with van der Waals surface area (Å²) in [5, 5.41) is 3.06. The SMILES string of the molecule is CC/C=C\C/C=C\C/C=C\C/C=C\C/C=C\CCC(=O)NCC1CCCN1C. The molecule has 1 saturated heterocycles. The van der Waals surface area contributed by atoms with Crippen molar-refractivity contribution in [3.63, 3.8) is 0 Å². The summed E-state index contributed by atoms with van der Waals surface area (Å²) in [5.41, 5.74) is 0. The van der Waals surface area contributed by atoms with Gasteiger partial charge >= 0.3 is 0 Å². The topological polar surface area (TPSA) is 32.3 Å². The van der Waals surface area contributed by atoms with Gasteiger partial charge in [-0.2, -0.15) is 0 Å². The van der Waals surface area contributed by atoms with Gasteiger partial charge in [-0.05, 0) is 65.0 Å². The zero-order chi connectivity index (χ0) is 20.3. The summed E-state index contributed by atoms with van der Waals surface area (Å²) < 4.78 is 0. The van der Waals surface area contributed by atoms with E-state index < -0.39 is 0 Å². The van der Waals surface area contributed by atoms with Crippen LogP contribution in [-0.4, -0.2) is 37.0 Å². The molecule has 3 nitrogen and oxygen atoms in total. The van der Waals surface area contributed by atoms with Gasteiger partial charge in [0, 0.05) is 19.0 Å². The molecule has 1 amide bonds. The van der Waals surface area contributed by atoms with E-state index in [2.05, 4.69) is 84.9 Å². The van der Waals surface area contributed by atoms with Crippen LogP contribution in [0, 0.1) is 0 Å². The maximum absolute atomic E-state index is 11.9. The Hall–Kier alpha value is -1.87. The number of likely N-dealkylation sites (N-methyl/N-ethyl adjacent to an activating group) is 1. The molecule has 0 bridgehead atoms. The van der Waals surface area contributed by atoms with E-state index in [1.807, 2.05) is 0 Å². The van der Waals surface area contributed by atoms with E-state index >= 15 is 0 Å². The van der Waals surface area contributed by atoms with Gasteiger partial charge < -0.3 is 10.2 Å². The first-order valence-corrected chi connectivity index (χ1v) is 11.0. The minimum Gasteiger partial charge on any atom is -0.355 e. The molecule has 1 aliphatic heterocycles. The summed E-state index contributed by atoms with van der Waals surface area (Å²) in [5.74, 6) is 0.168. The minimum atomic E-state index is 0.168. The summed E-state index contributed by atoms with van der Waals surface area (Å²) in [6.07, 6.45) is 30.8. The summed E-state index contributed by atoms with van der Waals surface area (Å²) in [6.45, 7) is 4.10. The summed E-state index contributed by atoms with van der Waals surface area (Å²) in [7, 11) is 2.14. The molecule has 1 N–H and O–H groups in total. The lowest BCUT2D eigenvalue weighted by molar-refractivity contribution is -0.121. The molecule has 3 heteroatoms. The third-order valence-electron chi connectivity index (χ3n) is 4.90. The van der Waals surface area contributed by atoms with Crippen molar-refractivity contribution in [3.05, 3.63) is 60.8 Å². The predicted octanol–water partition coefficient (Wildman–Crippen LogP) is 5.73. The fourth-order valence-corrected chi connectivity index (χ4v) is 3.14. The van der Waals surface area contributed by atoms with E-state index in [4.69, 9.17) is 0 Å². The highest BCUT2D eigenvalue weighted by Gasteiger charge is 2.20. The van der Waals surface area contributed by atoms with E-state index in [9.17, 15) is 4.79 Å². The molecule has 156 valence electrons. The molecule has 28 heavy (non-hydrogen) atoms. The second kappa shape index (κ2) is 17.2. The molecule has 1 fully saturated rings. The maximum atomic E-state index is 11.9. The van der Waals surface area contributed by atoms with Crippen LogP contribution in [0.5, 0.6) is 0 Å². The van der Waals surface area contributed by atoms with Gasteiger partial charge in [0.15, 0.2) is 0 Å². The normalized spacial score (nSPS) is 18.7. The first kappa shape index (κ1) is 24.2. The molecule has 0 aromatic heterocycles. The van der Waals surface area contributed by atoms with E-state index in [0.717, 1.165) is 51.6 Å². The first-order chi connectivity index (χ1) is 13.7. The second-order valence-corrected chi connectivity index (χ2v) is 7.33. The Morgan fingerprint density at radius 2 is 1.43 bits per heavy atom. The van der Waals surface area contributed by atoms with Crippen LogP contribution < -0.4 is 5.32 Å². The maximum Gasteiger partial charge on any atom is 0.220 e. The number of amides is 1. The highest BCUT2D eigenvalue weighted by atomic mass is 16.1. The molecule has 1 atom stereocenters. The van der Waals surface area contributed by atoms with Crippen molar-refractivity contribution in [2.24, 2.45) is 0 Å². The lowest BCUT2D eigenvalue weighted by Gasteiger charge is -2.19. The number of likely N-dealkylation sites (tertiary alicyclic amines) is 1. The molecule has 1 aliphatic rings. The molecule has 0 spiro atoms. The zero-order valence-corrected chi connectivity index (χ0v) is 18.0. The Morgan fingerprint density at radius 3 is 1.93 bits per heavy atom. The Kier molecular flexibility index (Phi) is 14.9. The monoisotopic (exact) mass is 384 g/mol. The van der Waals surface area contributed by atoms with E-state index in [0.29, 0.717) is 12.5 Å². The third kappa shape index (κ3) is 13.3. The number of carbonyl (C=O) groups excluding carboxylic acids is 1. The van der Waals surface area contributed by atoms with Gasteiger partial charge in [0.2, 0.25) is 5.91 Å². The van der Waals surface area contributed by atoms with E-state index in [1.165, 1.54) is 12.8 Å². The van der Waals surface area contributed by atoms with Gasteiger partial charge in [-0.25, -0.2) is 0 Å². The minimum absolute atomic E-state index is 0.168. The molecule has 0 aromatic rings. The van der Waals surface area contributed by atoms with Gasteiger partial charge in [0.25, 0.3) is 0 Å². The van der Waals surface area contributed by atoms with Crippen LogP contribution in [0.25, 0.3) is 0 Å². The fourth-order valence-electron chi connectivity index (χ4n) is 3.14. The van der Waals surface area contributed by atoms with Crippen molar-refractivity contribution in [3.8, 4) is 0 Å². The molecule has 0 saturated carbocycles. The van der Waals surface area contributed by atoms with Crippen molar-refractivity contribution in [1.82, 2.24) is 10.2 Å². The quantitative estimate of drug-likeness (QED) is 0.388. The molecule has 0 aliphatic carbocycles. The van der Waals surface area contributed by atoms with Gasteiger partial charge in [0.05, 0.1) is 0 Å². The van der Waals surface area contributed by atoms with Gasteiger partial charge in [-0.15, -0.1) is 0 Å². The Morgan fingerprint density at radius 1 is 0.893 bits per heavy atom. The van der Waals surface area contributed by atoms with E-state index in [1.54, 1.807) is 0 Å². The van der Waals surface area contributed by atoms with Crippen LogP contribution in [-0.2, 0) is 4.79 Å². The first-order valence-electron chi connectivity index (χ1n) is 11.0. The highest BCUT2D eigenvalue weighted by Crippen LogP contribution is 2.13. The van der Waals surface area contributed by atoms with Crippen LogP contribution >= 0.6 is 0 Å². The third-order valence-corrected chi connectivity index (χ3v) is 4.90. The fraction of sp³-hybridized carbons (Fsp3) is 0.560. The predicted molar refractivity (Wildman–Crippen MR) is 122 cm³/mol. The van der Waals surface area contributed by atoms with E-state index in [-0.39, 0.29) is 5.91 Å². The average Bonchev–Trinajstić information content (AvgIpc) is 3.11. The Bertz CT molecular complexity index is 543. The molecular weight excluding hydrogens is 344 g/mol. The summed E-state index contributed by atoms with van der Waals surface area (Å²) >= 11 is 0. The van der Waals surface area contributed by atoms with Gasteiger partial charge in [0.1, 0.15) is 0 Å². The zero-order valence-electron chi connectivity index (χ0n) is 18.0. The van der Waals surface area contributed by atoms with Crippen molar-refractivity contribution in [1.29, 1.82) is 0 Å². The Balaban J connectivity index is 1.95. The number of hydrogen-bond donors (Lipinski definition) is 1. The highest BCUT2D eigenvalue weighted by molar-refractivity contribution is 5.76. The molecule has 1 unspecified atom stereocenters.